The Labute approximate surface area is 154 Å². The Morgan fingerprint density at radius 1 is 0.792 bits per heavy atom. The molecule has 2 nitrogen and oxygen atoms in total. The molecule has 0 saturated carbocycles. The highest BCUT2D eigenvalue weighted by Crippen LogP contribution is 2.20. The number of rotatable bonds is 3. The summed E-state index contributed by atoms with van der Waals surface area (Å²) in [6.07, 6.45) is 3.99. The number of hydrogen-bond donors (Lipinski definition) is 0. The number of aromatic nitrogens is 1. The summed E-state index contributed by atoms with van der Waals surface area (Å²) in [5.74, 6) is 0. The van der Waals surface area contributed by atoms with Crippen LogP contribution in [-0.2, 0) is 0 Å². The van der Waals surface area contributed by atoms with Crippen LogP contribution in [0, 0.1) is 3.57 Å². The third kappa shape index (κ3) is 3.12. The molecule has 0 bridgehead atoms. The third-order valence-corrected chi connectivity index (χ3v) is 4.62. The Hall–Kier alpha value is -2.40. The van der Waals surface area contributed by atoms with Crippen molar-refractivity contribution in [3.63, 3.8) is 0 Å². The molecule has 3 heteroatoms. The van der Waals surface area contributed by atoms with Gasteiger partial charge in [0, 0.05) is 15.5 Å². The summed E-state index contributed by atoms with van der Waals surface area (Å²) in [6.45, 7) is 0. The minimum absolute atomic E-state index is 0.966. The first-order chi connectivity index (χ1) is 11.8. The summed E-state index contributed by atoms with van der Waals surface area (Å²) in [6, 6.07) is 27.2. The van der Waals surface area contributed by atoms with Gasteiger partial charge in [-0.3, -0.25) is 4.99 Å². The van der Waals surface area contributed by atoms with Crippen LogP contribution in [0.1, 0.15) is 5.69 Å². The zero-order valence-electron chi connectivity index (χ0n) is 12.9. The second kappa shape index (κ2) is 6.61. The van der Waals surface area contributed by atoms with Crippen LogP contribution >= 0.6 is 22.6 Å². The molecular weight excluding hydrogens is 407 g/mol. The first-order valence-corrected chi connectivity index (χ1v) is 8.84. The molecule has 0 aliphatic heterocycles. The van der Waals surface area contributed by atoms with Crippen LogP contribution in [0.3, 0.4) is 0 Å². The second-order valence-corrected chi connectivity index (χ2v) is 6.82. The van der Waals surface area contributed by atoms with E-state index in [1.54, 1.807) is 0 Å². The molecule has 3 aromatic carbocycles. The smallest absolute Gasteiger partial charge is 0.0641 e. The van der Waals surface area contributed by atoms with Gasteiger partial charge in [-0.25, -0.2) is 0 Å². The van der Waals surface area contributed by atoms with Crippen LogP contribution in [0.2, 0.25) is 0 Å². The van der Waals surface area contributed by atoms with Crippen molar-refractivity contribution in [2.75, 3.05) is 0 Å². The van der Waals surface area contributed by atoms with Crippen LogP contribution in [0.25, 0.3) is 16.5 Å². The van der Waals surface area contributed by atoms with Crippen molar-refractivity contribution in [1.29, 1.82) is 0 Å². The number of benzene rings is 3. The molecule has 0 spiro atoms. The van der Waals surface area contributed by atoms with Crippen molar-refractivity contribution in [1.82, 2.24) is 4.57 Å². The molecule has 4 rings (SSSR count). The van der Waals surface area contributed by atoms with E-state index >= 15 is 0 Å². The van der Waals surface area contributed by atoms with Gasteiger partial charge in [0.05, 0.1) is 17.6 Å². The molecule has 0 atom stereocenters. The highest BCUT2D eigenvalue weighted by molar-refractivity contribution is 14.1. The molecular formula is C21H15IN2. The van der Waals surface area contributed by atoms with Crippen molar-refractivity contribution in [2.45, 2.75) is 0 Å². The highest BCUT2D eigenvalue weighted by atomic mass is 127. The lowest BCUT2D eigenvalue weighted by molar-refractivity contribution is 1.07. The number of aliphatic imine (C=N–C) groups is 1. The highest BCUT2D eigenvalue weighted by Gasteiger charge is 2.02. The summed E-state index contributed by atoms with van der Waals surface area (Å²) >= 11 is 2.30. The quantitative estimate of drug-likeness (QED) is 0.285. The molecule has 4 aromatic rings. The largest absolute Gasteiger partial charge is 0.316 e. The zero-order valence-corrected chi connectivity index (χ0v) is 15.1. The summed E-state index contributed by atoms with van der Waals surface area (Å²) in [7, 11) is 0. The number of halogens is 1. The fourth-order valence-corrected chi connectivity index (χ4v) is 3.28. The van der Waals surface area contributed by atoms with E-state index in [0.717, 1.165) is 17.1 Å². The van der Waals surface area contributed by atoms with Crippen LogP contribution < -0.4 is 0 Å². The molecule has 116 valence electrons. The predicted molar refractivity (Wildman–Crippen MR) is 110 cm³/mol. The summed E-state index contributed by atoms with van der Waals surface area (Å²) in [5.41, 5.74) is 3.17. The predicted octanol–water partition coefficient (Wildman–Crippen LogP) is 5.99. The van der Waals surface area contributed by atoms with Crippen LogP contribution in [0.5, 0.6) is 0 Å². The van der Waals surface area contributed by atoms with Gasteiger partial charge in [-0.05, 0) is 75.8 Å². The SMILES string of the molecule is Ic1cccc(N=Cc2cccn2-c2ccc3ccccc3c2)c1. The average molecular weight is 422 g/mol. The maximum atomic E-state index is 4.61. The number of hydrogen-bond acceptors (Lipinski definition) is 1. The van der Waals surface area contributed by atoms with Gasteiger partial charge in [-0.1, -0.05) is 36.4 Å². The van der Waals surface area contributed by atoms with Crippen molar-refractivity contribution < 1.29 is 0 Å². The van der Waals surface area contributed by atoms with Crippen molar-refractivity contribution in [3.05, 3.63) is 94.3 Å². The average Bonchev–Trinajstić information content (AvgIpc) is 3.08. The van der Waals surface area contributed by atoms with Gasteiger partial charge in [0.2, 0.25) is 0 Å². The van der Waals surface area contributed by atoms with Crippen molar-refractivity contribution >= 4 is 45.3 Å². The molecule has 0 saturated heterocycles. The maximum absolute atomic E-state index is 4.61. The Kier molecular flexibility index (Phi) is 4.17. The summed E-state index contributed by atoms with van der Waals surface area (Å²) < 4.78 is 3.34. The summed E-state index contributed by atoms with van der Waals surface area (Å²) in [4.78, 5) is 4.61. The van der Waals surface area contributed by atoms with E-state index in [9.17, 15) is 0 Å². The lowest BCUT2D eigenvalue weighted by Crippen LogP contribution is -1.97. The standard InChI is InChI=1S/C21H15IN2/c22-18-7-3-8-19(14-18)23-15-21-9-4-12-24(21)20-11-10-16-5-1-2-6-17(16)13-20/h1-15H. The fourth-order valence-electron chi connectivity index (χ4n) is 2.76. The van der Waals surface area contributed by atoms with Gasteiger partial charge in [-0.15, -0.1) is 0 Å². The maximum Gasteiger partial charge on any atom is 0.0641 e. The normalized spacial score (nSPS) is 11.4. The first kappa shape index (κ1) is 15.1. The Morgan fingerprint density at radius 3 is 2.54 bits per heavy atom. The molecule has 0 aliphatic rings. The van der Waals surface area contributed by atoms with Crippen LogP contribution in [-0.4, -0.2) is 10.8 Å². The second-order valence-electron chi connectivity index (χ2n) is 5.57. The van der Waals surface area contributed by atoms with Gasteiger partial charge in [0.15, 0.2) is 0 Å². The van der Waals surface area contributed by atoms with Gasteiger partial charge in [-0.2, -0.15) is 0 Å². The molecule has 0 aliphatic carbocycles. The van der Waals surface area contributed by atoms with E-state index in [-0.39, 0.29) is 0 Å². The van der Waals surface area contributed by atoms with Crippen LogP contribution in [0.4, 0.5) is 5.69 Å². The van der Waals surface area contributed by atoms with E-state index < -0.39 is 0 Å². The molecule has 1 aromatic heterocycles. The van der Waals surface area contributed by atoms with Gasteiger partial charge >= 0.3 is 0 Å². The van der Waals surface area contributed by atoms with E-state index in [1.807, 2.05) is 24.4 Å². The molecule has 0 amide bonds. The molecule has 1 heterocycles. The lowest BCUT2D eigenvalue weighted by Gasteiger charge is -2.08. The molecule has 0 unspecified atom stereocenters. The molecule has 0 fully saturated rings. The minimum atomic E-state index is 0.966. The summed E-state index contributed by atoms with van der Waals surface area (Å²) in [5, 5.41) is 2.49. The first-order valence-electron chi connectivity index (χ1n) is 7.76. The van der Waals surface area contributed by atoms with Gasteiger partial charge < -0.3 is 4.57 Å². The monoisotopic (exact) mass is 422 g/mol. The van der Waals surface area contributed by atoms with E-state index in [1.165, 1.54) is 14.3 Å². The molecule has 24 heavy (non-hydrogen) atoms. The third-order valence-electron chi connectivity index (χ3n) is 3.95. The van der Waals surface area contributed by atoms with Gasteiger partial charge in [0.25, 0.3) is 0 Å². The molecule has 0 radical (unpaired) electrons. The Bertz CT molecular complexity index is 1030. The zero-order chi connectivity index (χ0) is 16.4. The van der Waals surface area contributed by atoms with Crippen molar-refractivity contribution in [2.24, 2.45) is 4.99 Å². The number of nitrogens with zero attached hydrogens (tertiary/aromatic N) is 2. The molecule has 0 N–H and O–H groups in total. The van der Waals surface area contributed by atoms with Crippen molar-refractivity contribution in [3.8, 4) is 5.69 Å². The topological polar surface area (TPSA) is 17.3 Å². The van der Waals surface area contributed by atoms with E-state index in [4.69, 9.17) is 0 Å². The Balaban J connectivity index is 1.71. The van der Waals surface area contributed by atoms with Gasteiger partial charge in [0.1, 0.15) is 0 Å². The minimum Gasteiger partial charge on any atom is -0.316 e. The van der Waals surface area contributed by atoms with E-state index in [2.05, 4.69) is 99.0 Å². The van der Waals surface area contributed by atoms with Crippen LogP contribution in [0.15, 0.2) is 90.1 Å². The number of fused-ring (bicyclic) bond motifs is 1. The Morgan fingerprint density at radius 2 is 1.67 bits per heavy atom. The lowest BCUT2D eigenvalue weighted by atomic mass is 10.1. The van der Waals surface area contributed by atoms with E-state index in [0.29, 0.717) is 0 Å². The fraction of sp³-hybridized carbons (Fsp3) is 0.